The van der Waals surface area contributed by atoms with Crippen LogP contribution in [0.4, 0.5) is 10.5 Å². The molecule has 8 nitrogen and oxygen atoms in total. The van der Waals surface area contributed by atoms with Gasteiger partial charge in [0.15, 0.2) is 6.29 Å². The standard InChI is InChI=1S/C17H26N2O6/c1-6-15(23-7-2)24-13-8-9-14(19(21)22)12(10-13)11-18-16(20)25-17(3,4)5/h8-10,15H,6-7,11H2,1-5H3,(H,18,20). The number of ether oxygens (including phenoxy) is 3. The fourth-order valence-electron chi connectivity index (χ4n) is 2.01. The second-order valence-corrected chi connectivity index (χ2v) is 6.31. The molecule has 0 heterocycles. The summed E-state index contributed by atoms with van der Waals surface area (Å²) in [4.78, 5) is 22.4. The highest BCUT2D eigenvalue weighted by atomic mass is 16.7. The Hall–Kier alpha value is -2.35. The van der Waals surface area contributed by atoms with E-state index in [2.05, 4.69) is 5.32 Å². The summed E-state index contributed by atoms with van der Waals surface area (Å²) in [6.45, 7) is 9.44. The van der Waals surface area contributed by atoms with Crippen LogP contribution >= 0.6 is 0 Å². The molecule has 1 atom stereocenters. The Kier molecular flexibility index (Phi) is 7.63. The van der Waals surface area contributed by atoms with E-state index in [1.54, 1.807) is 20.8 Å². The summed E-state index contributed by atoms with van der Waals surface area (Å²) >= 11 is 0. The van der Waals surface area contributed by atoms with E-state index in [9.17, 15) is 14.9 Å². The third-order valence-corrected chi connectivity index (χ3v) is 3.02. The van der Waals surface area contributed by atoms with Gasteiger partial charge in [0.1, 0.15) is 11.4 Å². The lowest BCUT2D eigenvalue weighted by molar-refractivity contribution is -0.385. The molecule has 0 fully saturated rings. The second kappa shape index (κ2) is 9.22. The number of hydrogen-bond donors (Lipinski definition) is 1. The minimum absolute atomic E-state index is 0.0478. The number of hydrogen-bond acceptors (Lipinski definition) is 6. The molecule has 140 valence electrons. The Morgan fingerprint density at radius 2 is 2.00 bits per heavy atom. The summed E-state index contributed by atoms with van der Waals surface area (Å²) in [5.74, 6) is 0.437. The predicted molar refractivity (Wildman–Crippen MR) is 92.5 cm³/mol. The second-order valence-electron chi connectivity index (χ2n) is 6.31. The lowest BCUT2D eigenvalue weighted by atomic mass is 10.1. The zero-order valence-corrected chi connectivity index (χ0v) is 15.3. The number of nitrogens with one attached hydrogen (secondary N) is 1. The van der Waals surface area contributed by atoms with Gasteiger partial charge in [-0.25, -0.2) is 4.79 Å². The fourth-order valence-corrected chi connectivity index (χ4v) is 2.01. The van der Waals surface area contributed by atoms with Crippen molar-refractivity contribution in [3.63, 3.8) is 0 Å². The van der Waals surface area contributed by atoms with Crippen LogP contribution in [-0.4, -0.2) is 29.5 Å². The monoisotopic (exact) mass is 354 g/mol. The van der Waals surface area contributed by atoms with Crippen LogP contribution in [0, 0.1) is 10.1 Å². The summed E-state index contributed by atoms with van der Waals surface area (Å²) in [6.07, 6.45) is -0.442. The summed E-state index contributed by atoms with van der Waals surface area (Å²) < 4.78 is 16.2. The number of carbonyl (C=O) groups is 1. The summed E-state index contributed by atoms with van der Waals surface area (Å²) in [7, 11) is 0. The quantitative estimate of drug-likeness (QED) is 0.433. The van der Waals surface area contributed by atoms with E-state index in [-0.39, 0.29) is 12.2 Å². The van der Waals surface area contributed by atoms with Gasteiger partial charge in [-0.2, -0.15) is 0 Å². The maximum absolute atomic E-state index is 11.8. The highest BCUT2D eigenvalue weighted by Gasteiger charge is 2.19. The Balaban J connectivity index is 2.89. The zero-order chi connectivity index (χ0) is 19.0. The number of amides is 1. The molecule has 0 bridgehead atoms. The van der Waals surface area contributed by atoms with Crippen LogP contribution in [0.15, 0.2) is 18.2 Å². The molecule has 0 aliphatic rings. The van der Waals surface area contributed by atoms with Gasteiger partial charge in [0, 0.05) is 19.1 Å². The van der Waals surface area contributed by atoms with Gasteiger partial charge in [0.2, 0.25) is 0 Å². The third kappa shape index (κ3) is 7.38. The van der Waals surface area contributed by atoms with Gasteiger partial charge in [-0.3, -0.25) is 10.1 Å². The van der Waals surface area contributed by atoms with Crippen LogP contribution in [0.5, 0.6) is 5.75 Å². The topological polar surface area (TPSA) is 99.9 Å². The molecule has 1 N–H and O–H groups in total. The first-order valence-corrected chi connectivity index (χ1v) is 8.18. The molecule has 1 aromatic carbocycles. The molecule has 0 aliphatic heterocycles. The van der Waals surface area contributed by atoms with E-state index in [0.29, 0.717) is 24.3 Å². The van der Waals surface area contributed by atoms with Crippen molar-refractivity contribution in [1.82, 2.24) is 5.32 Å². The molecule has 8 heteroatoms. The molecule has 0 aromatic heterocycles. The smallest absolute Gasteiger partial charge is 0.407 e. The van der Waals surface area contributed by atoms with E-state index in [1.807, 2.05) is 13.8 Å². The number of nitro groups is 1. The average molecular weight is 354 g/mol. The highest BCUT2D eigenvalue weighted by molar-refractivity contribution is 5.68. The summed E-state index contributed by atoms with van der Waals surface area (Å²) in [5.41, 5.74) is -0.431. The average Bonchev–Trinajstić information content (AvgIpc) is 2.50. The van der Waals surface area contributed by atoms with Gasteiger partial charge in [-0.15, -0.1) is 0 Å². The van der Waals surface area contributed by atoms with Crippen LogP contribution in [0.2, 0.25) is 0 Å². The van der Waals surface area contributed by atoms with Gasteiger partial charge < -0.3 is 19.5 Å². The molecule has 1 unspecified atom stereocenters. The molecule has 0 spiro atoms. The lowest BCUT2D eigenvalue weighted by Crippen LogP contribution is -2.32. The van der Waals surface area contributed by atoms with E-state index < -0.39 is 22.9 Å². The van der Waals surface area contributed by atoms with Crippen molar-refractivity contribution in [2.45, 2.75) is 59.5 Å². The van der Waals surface area contributed by atoms with Gasteiger partial charge in [0.05, 0.1) is 17.0 Å². The van der Waals surface area contributed by atoms with E-state index in [0.717, 1.165) is 0 Å². The van der Waals surface area contributed by atoms with Gasteiger partial charge >= 0.3 is 6.09 Å². The normalized spacial score (nSPS) is 12.4. The first-order chi connectivity index (χ1) is 11.7. The zero-order valence-electron chi connectivity index (χ0n) is 15.3. The van der Waals surface area contributed by atoms with Crippen molar-refractivity contribution in [3.05, 3.63) is 33.9 Å². The maximum Gasteiger partial charge on any atom is 0.407 e. The molecule has 25 heavy (non-hydrogen) atoms. The highest BCUT2D eigenvalue weighted by Crippen LogP contribution is 2.25. The Labute approximate surface area is 147 Å². The van der Waals surface area contributed by atoms with Crippen LogP contribution in [0.25, 0.3) is 0 Å². The number of alkyl carbamates (subject to hydrolysis) is 1. The maximum atomic E-state index is 11.8. The van der Waals surface area contributed by atoms with Crippen LogP contribution in [0.1, 0.15) is 46.6 Å². The van der Waals surface area contributed by atoms with Crippen LogP contribution in [-0.2, 0) is 16.0 Å². The molecule has 0 aliphatic carbocycles. The van der Waals surface area contributed by atoms with Gasteiger partial charge in [0.25, 0.3) is 5.69 Å². The van der Waals surface area contributed by atoms with Gasteiger partial charge in [-0.05, 0) is 39.8 Å². The van der Waals surface area contributed by atoms with Gasteiger partial charge in [-0.1, -0.05) is 6.92 Å². The largest absolute Gasteiger partial charge is 0.465 e. The summed E-state index contributed by atoms with van der Waals surface area (Å²) in [6, 6.07) is 4.38. The molecular weight excluding hydrogens is 328 g/mol. The van der Waals surface area contributed by atoms with Crippen molar-refractivity contribution in [3.8, 4) is 5.75 Å². The molecule has 0 radical (unpaired) electrons. The molecule has 1 amide bonds. The number of nitro benzene ring substituents is 1. The van der Waals surface area contributed by atoms with Crippen molar-refractivity contribution in [1.29, 1.82) is 0 Å². The Morgan fingerprint density at radius 3 is 2.52 bits per heavy atom. The Bertz CT molecular complexity index is 597. The molecule has 1 aromatic rings. The summed E-state index contributed by atoms with van der Waals surface area (Å²) in [5, 5.41) is 13.7. The number of nitrogens with zero attached hydrogens (tertiary/aromatic N) is 1. The predicted octanol–water partition coefficient (Wildman–Crippen LogP) is 3.77. The van der Waals surface area contributed by atoms with E-state index >= 15 is 0 Å². The fraction of sp³-hybridized carbons (Fsp3) is 0.588. The van der Waals surface area contributed by atoms with E-state index in [4.69, 9.17) is 14.2 Å². The van der Waals surface area contributed by atoms with E-state index in [1.165, 1.54) is 18.2 Å². The van der Waals surface area contributed by atoms with Crippen molar-refractivity contribution in [2.24, 2.45) is 0 Å². The number of carbonyl (C=O) groups excluding carboxylic acids is 1. The lowest BCUT2D eigenvalue weighted by Gasteiger charge is -2.20. The first-order valence-electron chi connectivity index (χ1n) is 8.18. The van der Waals surface area contributed by atoms with Crippen molar-refractivity contribution in [2.75, 3.05) is 6.61 Å². The molecule has 0 saturated heterocycles. The molecular formula is C17H26N2O6. The minimum Gasteiger partial charge on any atom is -0.465 e. The number of benzene rings is 1. The SMILES string of the molecule is CCOC(CC)Oc1ccc([N+](=O)[O-])c(CNC(=O)OC(C)(C)C)c1. The molecule has 1 rings (SSSR count). The Morgan fingerprint density at radius 1 is 1.32 bits per heavy atom. The van der Waals surface area contributed by atoms with Crippen LogP contribution < -0.4 is 10.1 Å². The van der Waals surface area contributed by atoms with Crippen molar-refractivity contribution < 1.29 is 23.9 Å². The van der Waals surface area contributed by atoms with Crippen LogP contribution in [0.3, 0.4) is 0 Å². The third-order valence-electron chi connectivity index (χ3n) is 3.02. The number of rotatable bonds is 8. The minimum atomic E-state index is -0.646. The molecule has 0 saturated carbocycles. The first kappa shape index (κ1) is 20.7. The van der Waals surface area contributed by atoms with Crippen molar-refractivity contribution >= 4 is 11.8 Å².